The van der Waals surface area contributed by atoms with Gasteiger partial charge in [-0.1, -0.05) is 45.0 Å². The molecule has 4 fully saturated rings. The van der Waals surface area contributed by atoms with E-state index in [-0.39, 0.29) is 49.2 Å². The highest BCUT2D eigenvalue weighted by atomic mass is 19.1. The standard InChI is InChI=1S/C44H65FN6O10/c1-12-33-44(8)36(51(41(56)61-44)21-29-17-28(29)20-50-22-31(47-48-50)27-14-13-15-30(46)18-27)25(4)34(52)23(2)19-42(6,57-11)38(26(5)37(54)43(7,45)40(55)59-33)60-39-35(53)32(49(9)10)16-24(3)58-39/h13-15,18,22-26,28-29,32-33,35-36,38-39,53H,12,16-17,19-21,46H2,1-11H3/t23-,24-,25+,26+,28?,29?,32?,33-,35?,36-,38-,39+,42-,43+,44-/m1/s1. The number of nitrogens with two attached hydrogens (primary N) is 1. The van der Waals surface area contributed by atoms with Crippen LogP contribution in [0.1, 0.15) is 81.1 Å². The van der Waals surface area contributed by atoms with Crippen LogP contribution in [0.25, 0.3) is 11.3 Å². The van der Waals surface area contributed by atoms with Crippen LogP contribution in [0, 0.1) is 29.6 Å². The van der Waals surface area contributed by atoms with Gasteiger partial charge in [0.15, 0.2) is 17.7 Å². The summed E-state index contributed by atoms with van der Waals surface area (Å²) in [6, 6.07) is 6.08. The fourth-order valence-corrected chi connectivity index (χ4v) is 10.1. The first kappa shape index (κ1) is 46.5. The van der Waals surface area contributed by atoms with Gasteiger partial charge in [-0.15, -0.1) is 5.10 Å². The van der Waals surface area contributed by atoms with Gasteiger partial charge in [0.25, 0.3) is 5.67 Å². The number of esters is 1. The summed E-state index contributed by atoms with van der Waals surface area (Å²) in [7, 11) is 5.05. The lowest BCUT2D eigenvalue weighted by atomic mass is 9.73. The lowest BCUT2D eigenvalue weighted by Crippen LogP contribution is -2.61. The quantitative estimate of drug-likeness (QED) is 0.193. The largest absolute Gasteiger partial charge is 0.455 e. The van der Waals surface area contributed by atoms with Gasteiger partial charge in [-0.05, 0) is 91.4 Å². The van der Waals surface area contributed by atoms with Crippen LogP contribution < -0.4 is 5.73 Å². The zero-order valence-corrected chi connectivity index (χ0v) is 37.4. The number of methoxy groups -OCH3 is 1. The number of carbonyl (C=O) groups is 4. The molecule has 338 valence electrons. The van der Waals surface area contributed by atoms with E-state index in [1.54, 1.807) is 50.3 Å². The van der Waals surface area contributed by atoms with Gasteiger partial charge in [0.05, 0.1) is 30.0 Å². The molecular weight excluding hydrogens is 792 g/mol. The molecule has 15 atom stereocenters. The Balaban J connectivity index is 1.30. The number of aliphatic hydroxyl groups is 1. The van der Waals surface area contributed by atoms with Crippen LogP contribution in [0.4, 0.5) is 14.9 Å². The van der Waals surface area contributed by atoms with Crippen molar-refractivity contribution in [2.45, 2.75) is 147 Å². The molecule has 0 spiro atoms. The molecule has 1 aromatic carbocycles. The van der Waals surface area contributed by atoms with Gasteiger partial charge in [0.2, 0.25) is 0 Å². The number of amides is 1. The predicted octanol–water partition coefficient (Wildman–Crippen LogP) is 4.46. The van der Waals surface area contributed by atoms with Crippen molar-refractivity contribution in [3.8, 4) is 11.3 Å². The molecule has 0 bridgehead atoms. The summed E-state index contributed by atoms with van der Waals surface area (Å²) in [6.45, 7) is 13.3. The molecule has 1 aliphatic carbocycles. The van der Waals surface area contributed by atoms with Crippen LogP contribution >= 0.6 is 0 Å². The number of alkyl halides is 1. The second-order valence-corrected chi connectivity index (χ2v) is 18.8. The molecule has 6 rings (SSSR count). The summed E-state index contributed by atoms with van der Waals surface area (Å²) < 4.78 is 49.4. The van der Waals surface area contributed by atoms with Crippen LogP contribution in [0.15, 0.2) is 30.5 Å². The lowest BCUT2D eigenvalue weighted by Gasteiger charge is -2.47. The van der Waals surface area contributed by atoms with E-state index < -0.39 is 83.1 Å². The van der Waals surface area contributed by atoms with Crippen molar-refractivity contribution in [3.05, 3.63) is 30.5 Å². The van der Waals surface area contributed by atoms with Gasteiger partial charge in [0, 0.05) is 55.2 Å². The summed E-state index contributed by atoms with van der Waals surface area (Å²) in [5.74, 6) is -5.65. The number of cyclic esters (lactones) is 1. The maximum absolute atomic E-state index is 17.0. The van der Waals surface area contributed by atoms with E-state index >= 15 is 4.39 Å². The summed E-state index contributed by atoms with van der Waals surface area (Å²) in [6.07, 6.45) is -2.79. The topological polar surface area (TPSA) is 198 Å². The number of rotatable bonds is 10. The second-order valence-electron chi connectivity index (χ2n) is 18.8. The molecule has 1 aromatic heterocycles. The number of Topliss-reactive ketones (excluding diaryl/α,β-unsaturated/α-hetero) is 2. The Labute approximate surface area is 357 Å². The minimum Gasteiger partial charge on any atom is -0.455 e. The number of aliphatic hydroxyl groups excluding tert-OH is 1. The highest BCUT2D eigenvalue weighted by molar-refractivity contribution is 6.08. The number of hydrogen-bond donors (Lipinski definition) is 2. The van der Waals surface area contributed by atoms with Crippen LogP contribution in [0.2, 0.25) is 0 Å². The van der Waals surface area contributed by atoms with Gasteiger partial charge in [0.1, 0.15) is 23.7 Å². The molecule has 1 amide bonds. The number of ether oxygens (including phenoxy) is 5. The molecule has 3 N–H and O–H groups in total. The molecule has 4 unspecified atom stereocenters. The third kappa shape index (κ3) is 9.08. The molecule has 3 saturated heterocycles. The average molecular weight is 857 g/mol. The Morgan fingerprint density at radius 3 is 2.36 bits per heavy atom. The number of benzene rings is 1. The van der Waals surface area contributed by atoms with Crippen molar-refractivity contribution in [2.24, 2.45) is 29.6 Å². The minimum absolute atomic E-state index is 0.00645. The molecule has 3 aliphatic heterocycles. The molecule has 61 heavy (non-hydrogen) atoms. The van der Waals surface area contributed by atoms with Crippen molar-refractivity contribution in [3.63, 3.8) is 0 Å². The molecular formula is C44H65FN6O10. The molecule has 2 aromatic rings. The summed E-state index contributed by atoms with van der Waals surface area (Å²) in [4.78, 5) is 60.5. The Hall–Kier alpha value is -4.03. The van der Waals surface area contributed by atoms with Gasteiger partial charge in [-0.2, -0.15) is 0 Å². The third-order valence-electron chi connectivity index (χ3n) is 13.8. The van der Waals surface area contributed by atoms with E-state index in [9.17, 15) is 24.3 Å². The number of aromatic nitrogens is 3. The summed E-state index contributed by atoms with van der Waals surface area (Å²) >= 11 is 0. The normalized spacial score (nSPS) is 40.1. The number of ketones is 2. The zero-order valence-electron chi connectivity index (χ0n) is 37.4. The van der Waals surface area contributed by atoms with Crippen molar-refractivity contribution < 1.29 is 52.4 Å². The predicted molar refractivity (Wildman–Crippen MR) is 221 cm³/mol. The maximum atomic E-state index is 17.0. The Morgan fingerprint density at radius 1 is 1.03 bits per heavy atom. The average Bonchev–Trinajstić information content (AvgIpc) is 3.65. The lowest BCUT2D eigenvalue weighted by molar-refractivity contribution is -0.295. The van der Waals surface area contributed by atoms with Gasteiger partial charge in [-0.25, -0.2) is 14.0 Å². The molecule has 0 radical (unpaired) electrons. The van der Waals surface area contributed by atoms with Crippen molar-refractivity contribution in [2.75, 3.05) is 33.5 Å². The van der Waals surface area contributed by atoms with Crippen molar-refractivity contribution >= 4 is 29.3 Å². The van der Waals surface area contributed by atoms with E-state index in [1.807, 2.05) is 50.3 Å². The molecule has 17 heteroatoms. The van der Waals surface area contributed by atoms with E-state index in [2.05, 4.69) is 10.3 Å². The minimum atomic E-state index is -3.19. The fourth-order valence-electron chi connectivity index (χ4n) is 10.1. The molecule has 1 saturated carbocycles. The SMILES string of the molecule is CC[C@H]1OC(=O)[C@@](C)(F)C(=O)[C@H](C)[C@@H](O[C@@H]2O[C@H](C)CC(N(C)C)C2O)[C@](C)(OC)C[C@@H](C)C(=O)[C@H](C)[C@H]2N(CC3CC3Cn3cc(-c4cccc(N)c4)nn3)C(=O)O[C@]12C. The van der Waals surface area contributed by atoms with Gasteiger partial charge in [-0.3, -0.25) is 14.3 Å². The maximum Gasteiger partial charge on any atom is 0.410 e. The highest BCUT2D eigenvalue weighted by Gasteiger charge is 2.62. The van der Waals surface area contributed by atoms with Crippen molar-refractivity contribution in [1.29, 1.82) is 0 Å². The number of likely N-dealkylation sites (N-methyl/N-ethyl adjacent to an activating group) is 1. The number of anilines is 1. The number of carbonyl (C=O) groups excluding carboxylic acids is 4. The molecule has 4 heterocycles. The smallest absolute Gasteiger partial charge is 0.410 e. The van der Waals surface area contributed by atoms with E-state index in [0.717, 1.165) is 18.9 Å². The first-order valence-corrected chi connectivity index (χ1v) is 21.5. The fraction of sp³-hybridized carbons (Fsp3) is 0.727. The first-order valence-electron chi connectivity index (χ1n) is 21.5. The third-order valence-corrected chi connectivity index (χ3v) is 13.8. The van der Waals surface area contributed by atoms with Crippen molar-refractivity contribution in [1.82, 2.24) is 24.8 Å². The Kier molecular flexibility index (Phi) is 13.4. The Morgan fingerprint density at radius 2 is 1.72 bits per heavy atom. The van der Waals surface area contributed by atoms with Gasteiger partial charge < -0.3 is 44.3 Å². The van der Waals surface area contributed by atoms with E-state index in [0.29, 0.717) is 24.3 Å². The van der Waals surface area contributed by atoms with E-state index in [1.165, 1.54) is 14.0 Å². The number of nitrogen functional groups attached to an aromatic ring is 1. The summed E-state index contributed by atoms with van der Waals surface area (Å²) in [5.41, 5.74) is 1.87. The Bertz CT molecular complexity index is 1950. The number of nitrogens with zero attached hydrogens (tertiary/aromatic N) is 5. The second kappa shape index (κ2) is 17.6. The van der Waals surface area contributed by atoms with Crippen LogP contribution in [0.5, 0.6) is 0 Å². The number of hydrogen-bond acceptors (Lipinski definition) is 14. The number of halogens is 1. The molecule has 4 aliphatic rings. The van der Waals surface area contributed by atoms with Crippen LogP contribution in [-0.2, 0) is 44.6 Å². The van der Waals surface area contributed by atoms with E-state index in [4.69, 9.17) is 29.4 Å². The van der Waals surface area contributed by atoms with Gasteiger partial charge >= 0.3 is 12.1 Å². The number of fused-ring (bicyclic) bond motifs is 1. The monoisotopic (exact) mass is 856 g/mol. The first-order chi connectivity index (χ1) is 28.6. The molecule has 16 nitrogen and oxygen atoms in total. The van der Waals surface area contributed by atoms with Crippen LogP contribution in [0.3, 0.4) is 0 Å². The van der Waals surface area contributed by atoms with Crippen LogP contribution in [-0.4, -0.2) is 141 Å². The summed E-state index contributed by atoms with van der Waals surface area (Å²) in [5, 5.41) is 20.1. The highest BCUT2D eigenvalue weighted by Crippen LogP contribution is 2.47. The zero-order chi connectivity index (χ0) is 44.9.